The lowest BCUT2D eigenvalue weighted by molar-refractivity contribution is -0.115. The van der Waals surface area contributed by atoms with Crippen molar-refractivity contribution in [2.75, 3.05) is 18.4 Å². The molecule has 25 heavy (non-hydrogen) atoms. The van der Waals surface area contributed by atoms with Crippen LogP contribution in [0.3, 0.4) is 0 Å². The lowest BCUT2D eigenvalue weighted by atomic mass is 10.1. The maximum absolute atomic E-state index is 12.5. The van der Waals surface area contributed by atoms with Crippen molar-refractivity contribution in [1.29, 1.82) is 0 Å². The normalized spacial score (nSPS) is 15.5. The molecule has 0 bridgehead atoms. The topological polar surface area (TPSA) is 49.4 Å². The van der Waals surface area contributed by atoms with Crippen LogP contribution >= 0.6 is 11.8 Å². The Balaban J connectivity index is 1.62. The van der Waals surface area contributed by atoms with Crippen LogP contribution in [0.5, 0.6) is 0 Å². The van der Waals surface area contributed by atoms with Crippen LogP contribution in [-0.4, -0.2) is 35.1 Å². The summed E-state index contributed by atoms with van der Waals surface area (Å²) >= 11 is 1.61. The number of anilines is 1. The first kappa shape index (κ1) is 17.5. The Morgan fingerprint density at radius 3 is 2.40 bits per heavy atom. The average molecular weight is 354 g/mol. The summed E-state index contributed by atoms with van der Waals surface area (Å²) in [5, 5.41) is 2.85. The second-order valence-electron chi connectivity index (χ2n) is 5.96. The maximum Gasteiger partial charge on any atom is 0.253 e. The van der Waals surface area contributed by atoms with Crippen LogP contribution in [-0.2, 0) is 11.2 Å². The van der Waals surface area contributed by atoms with E-state index in [9.17, 15) is 9.59 Å². The highest BCUT2D eigenvalue weighted by atomic mass is 32.2. The SMILES string of the molecule is CCN(CC)C(=O)c1ccc(NC(=O)[C@@H]2Cc3ccccc3S2)cc1. The van der Waals surface area contributed by atoms with Crippen LogP contribution in [0.4, 0.5) is 5.69 Å². The van der Waals surface area contributed by atoms with E-state index in [0.717, 1.165) is 12.1 Å². The van der Waals surface area contributed by atoms with Gasteiger partial charge >= 0.3 is 0 Å². The molecule has 0 saturated carbocycles. The molecule has 5 heteroatoms. The van der Waals surface area contributed by atoms with Gasteiger partial charge in [0.15, 0.2) is 0 Å². The Bertz CT molecular complexity index is 745. The van der Waals surface area contributed by atoms with Crippen LogP contribution in [0.25, 0.3) is 0 Å². The van der Waals surface area contributed by atoms with E-state index in [1.165, 1.54) is 10.5 Å². The van der Waals surface area contributed by atoms with Crippen LogP contribution in [0.15, 0.2) is 53.4 Å². The summed E-state index contributed by atoms with van der Waals surface area (Å²) in [6.45, 7) is 5.31. The summed E-state index contributed by atoms with van der Waals surface area (Å²) in [7, 11) is 0. The third-order valence-corrected chi connectivity index (χ3v) is 5.71. The number of amides is 2. The molecule has 0 fully saturated rings. The summed E-state index contributed by atoms with van der Waals surface area (Å²) in [6.07, 6.45) is 0.755. The summed E-state index contributed by atoms with van der Waals surface area (Å²) in [5.74, 6) is 0.0219. The monoisotopic (exact) mass is 354 g/mol. The molecule has 0 radical (unpaired) electrons. The van der Waals surface area contributed by atoms with Gasteiger partial charge in [-0.1, -0.05) is 18.2 Å². The molecule has 0 spiro atoms. The number of fused-ring (bicyclic) bond motifs is 1. The lowest BCUT2D eigenvalue weighted by Crippen LogP contribution is -2.30. The minimum atomic E-state index is -0.102. The zero-order valence-electron chi connectivity index (χ0n) is 14.5. The third kappa shape index (κ3) is 3.87. The number of carbonyl (C=O) groups is 2. The quantitative estimate of drug-likeness (QED) is 0.888. The molecular formula is C20H22N2O2S. The number of nitrogens with zero attached hydrogens (tertiary/aromatic N) is 1. The van der Waals surface area contributed by atoms with Gasteiger partial charge in [0, 0.05) is 29.2 Å². The largest absolute Gasteiger partial charge is 0.339 e. The van der Waals surface area contributed by atoms with Gasteiger partial charge in [0.1, 0.15) is 0 Å². The lowest BCUT2D eigenvalue weighted by Gasteiger charge is -2.18. The Kier molecular flexibility index (Phi) is 5.43. The van der Waals surface area contributed by atoms with E-state index < -0.39 is 0 Å². The summed E-state index contributed by atoms with van der Waals surface area (Å²) in [5.41, 5.74) is 2.59. The first-order valence-corrected chi connectivity index (χ1v) is 9.45. The van der Waals surface area contributed by atoms with Gasteiger partial charge in [-0.25, -0.2) is 0 Å². The van der Waals surface area contributed by atoms with Gasteiger partial charge < -0.3 is 10.2 Å². The molecule has 1 aliphatic rings. The molecule has 1 N–H and O–H groups in total. The minimum absolute atomic E-state index is 0.00372. The predicted octanol–water partition coefficient (Wildman–Crippen LogP) is 3.82. The Labute approximate surface area is 152 Å². The number of thioether (sulfide) groups is 1. The van der Waals surface area contributed by atoms with Gasteiger partial charge in [-0.15, -0.1) is 11.8 Å². The number of rotatable bonds is 5. The number of hydrogen-bond donors (Lipinski definition) is 1. The first-order chi connectivity index (χ1) is 12.1. The van der Waals surface area contributed by atoms with E-state index in [2.05, 4.69) is 17.4 Å². The van der Waals surface area contributed by atoms with E-state index in [-0.39, 0.29) is 17.1 Å². The Morgan fingerprint density at radius 2 is 1.76 bits per heavy atom. The van der Waals surface area contributed by atoms with Crippen molar-refractivity contribution in [2.45, 2.75) is 30.4 Å². The molecule has 0 aliphatic carbocycles. The molecule has 1 atom stereocenters. The molecule has 1 heterocycles. The molecule has 2 aromatic rings. The second kappa shape index (κ2) is 7.74. The molecule has 1 aliphatic heterocycles. The fraction of sp³-hybridized carbons (Fsp3) is 0.300. The predicted molar refractivity (Wildman–Crippen MR) is 102 cm³/mol. The average Bonchev–Trinajstić information content (AvgIpc) is 3.07. The second-order valence-corrected chi connectivity index (χ2v) is 7.21. The zero-order valence-corrected chi connectivity index (χ0v) is 15.3. The molecule has 0 unspecified atom stereocenters. The van der Waals surface area contributed by atoms with Crippen LogP contribution in [0.2, 0.25) is 0 Å². The van der Waals surface area contributed by atoms with Gasteiger partial charge in [0.05, 0.1) is 5.25 Å². The molecule has 2 amide bonds. The van der Waals surface area contributed by atoms with Gasteiger partial charge in [-0.05, 0) is 56.2 Å². The molecule has 2 aromatic carbocycles. The molecule has 0 saturated heterocycles. The van der Waals surface area contributed by atoms with E-state index >= 15 is 0 Å². The summed E-state index contributed by atoms with van der Waals surface area (Å²) in [4.78, 5) is 27.8. The third-order valence-electron chi connectivity index (χ3n) is 4.39. The number of nitrogens with one attached hydrogen (secondary N) is 1. The van der Waals surface area contributed by atoms with Crippen molar-refractivity contribution in [3.05, 3.63) is 59.7 Å². The van der Waals surface area contributed by atoms with Crippen LogP contribution in [0, 0.1) is 0 Å². The van der Waals surface area contributed by atoms with E-state index in [1.807, 2.05) is 26.0 Å². The van der Waals surface area contributed by atoms with Crippen LogP contribution < -0.4 is 5.32 Å². The molecule has 3 rings (SSSR count). The fourth-order valence-electron chi connectivity index (χ4n) is 2.94. The van der Waals surface area contributed by atoms with Crippen molar-refractivity contribution in [1.82, 2.24) is 4.90 Å². The summed E-state index contributed by atoms with van der Waals surface area (Å²) in [6, 6.07) is 15.3. The van der Waals surface area contributed by atoms with E-state index in [1.54, 1.807) is 40.9 Å². The van der Waals surface area contributed by atoms with Gasteiger partial charge in [0.2, 0.25) is 5.91 Å². The molecule has 0 aromatic heterocycles. The maximum atomic E-state index is 12.5. The minimum Gasteiger partial charge on any atom is -0.339 e. The Hall–Kier alpha value is -2.27. The number of carbonyl (C=O) groups excluding carboxylic acids is 2. The fourth-order valence-corrected chi connectivity index (χ4v) is 4.14. The van der Waals surface area contributed by atoms with E-state index in [0.29, 0.717) is 18.7 Å². The van der Waals surface area contributed by atoms with Gasteiger partial charge in [-0.2, -0.15) is 0 Å². The number of hydrogen-bond acceptors (Lipinski definition) is 3. The molecule has 130 valence electrons. The first-order valence-electron chi connectivity index (χ1n) is 8.57. The van der Waals surface area contributed by atoms with Gasteiger partial charge in [0.25, 0.3) is 5.91 Å². The van der Waals surface area contributed by atoms with Crippen LogP contribution in [0.1, 0.15) is 29.8 Å². The van der Waals surface area contributed by atoms with Gasteiger partial charge in [-0.3, -0.25) is 9.59 Å². The smallest absolute Gasteiger partial charge is 0.253 e. The highest BCUT2D eigenvalue weighted by molar-refractivity contribution is 8.01. The highest BCUT2D eigenvalue weighted by Gasteiger charge is 2.28. The molecule has 4 nitrogen and oxygen atoms in total. The van der Waals surface area contributed by atoms with Crippen molar-refractivity contribution < 1.29 is 9.59 Å². The number of benzene rings is 2. The van der Waals surface area contributed by atoms with E-state index in [4.69, 9.17) is 0 Å². The van der Waals surface area contributed by atoms with Crippen molar-refractivity contribution in [3.8, 4) is 0 Å². The van der Waals surface area contributed by atoms with Crippen molar-refractivity contribution >= 4 is 29.3 Å². The highest BCUT2D eigenvalue weighted by Crippen LogP contribution is 2.37. The van der Waals surface area contributed by atoms with Crippen molar-refractivity contribution in [3.63, 3.8) is 0 Å². The van der Waals surface area contributed by atoms with Crippen molar-refractivity contribution in [2.24, 2.45) is 0 Å². The molecular weight excluding hydrogens is 332 g/mol. The summed E-state index contributed by atoms with van der Waals surface area (Å²) < 4.78 is 0. The zero-order chi connectivity index (χ0) is 17.8. The standard InChI is InChI=1S/C20H22N2O2S/c1-3-22(4-2)20(24)14-9-11-16(12-10-14)21-19(23)18-13-15-7-5-6-8-17(15)25-18/h5-12,18H,3-4,13H2,1-2H3,(H,21,23)/t18-/m0/s1. The Morgan fingerprint density at radius 1 is 1.08 bits per heavy atom.